The van der Waals surface area contributed by atoms with Crippen molar-refractivity contribution < 1.29 is 23.8 Å². The van der Waals surface area contributed by atoms with E-state index in [9.17, 15) is 9.59 Å². The number of nitrogens with one attached hydrogen (secondary N) is 1. The number of Topliss-reactive ketones (excluding diaryl/α,β-unsaturated/α-hetero) is 1. The molecule has 1 aliphatic rings. The zero-order valence-corrected chi connectivity index (χ0v) is 17.2. The van der Waals surface area contributed by atoms with Gasteiger partial charge in [-0.05, 0) is 44.0 Å². The summed E-state index contributed by atoms with van der Waals surface area (Å²) in [6, 6.07) is 12.4. The molecule has 0 fully saturated rings. The van der Waals surface area contributed by atoms with E-state index in [0.29, 0.717) is 42.3 Å². The number of fused-ring (bicyclic) bond motifs is 1. The van der Waals surface area contributed by atoms with E-state index >= 15 is 0 Å². The monoisotopic (exact) mass is 410 g/mol. The normalized spacial score (nSPS) is 17.6. The summed E-state index contributed by atoms with van der Waals surface area (Å²) in [5, 5.41) is 7.42. The van der Waals surface area contributed by atoms with Gasteiger partial charge in [0.1, 0.15) is 29.5 Å². The largest absolute Gasteiger partial charge is 0.489 e. The number of amidine groups is 1. The lowest BCUT2D eigenvalue weighted by atomic mass is 9.88. The van der Waals surface area contributed by atoms with Gasteiger partial charge in [0.25, 0.3) is 0 Å². The highest BCUT2D eigenvalue weighted by Crippen LogP contribution is 2.37. The van der Waals surface area contributed by atoms with Gasteiger partial charge in [0.2, 0.25) is 0 Å². The summed E-state index contributed by atoms with van der Waals surface area (Å²) in [4.78, 5) is 24.4. The highest BCUT2D eigenvalue weighted by molar-refractivity contribution is 6.00. The van der Waals surface area contributed by atoms with Crippen molar-refractivity contribution in [2.24, 2.45) is 5.73 Å². The van der Waals surface area contributed by atoms with Crippen LogP contribution in [-0.4, -0.2) is 29.8 Å². The molecule has 158 valence electrons. The van der Waals surface area contributed by atoms with Gasteiger partial charge < -0.3 is 19.9 Å². The maximum Gasteiger partial charge on any atom is 0.305 e. The van der Waals surface area contributed by atoms with E-state index < -0.39 is 5.60 Å². The molecule has 2 aromatic rings. The quantitative estimate of drug-likeness (QED) is 0.391. The van der Waals surface area contributed by atoms with Gasteiger partial charge >= 0.3 is 5.97 Å². The first-order chi connectivity index (χ1) is 14.3. The van der Waals surface area contributed by atoms with Gasteiger partial charge in [-0.2, -0.15) is 0 Å². The summed E-state index contributed by atoms with van der Waals surface area (Å²) in [6.07, 6.45) is 0.803. The number of nitrogens with two attached hydrogens (primary N) is 1. The van der Waals surface area contributed by atoms with E-state index in [1.165, 1.54) is 0 Å². The maximum atomic E-state index is 12.7. The van der Waals surface area contributed by atoms with Gasteiger partial charge in [0.15, 0.2) is 5.78 Å². The van der Waals surface area contributed by atoms with Crippen molar-refractivity contribution in [3.05, 3.63) is 59.2 Å². The fourth-order valence-corrected chi connectivity index (χ4v) is 3.33. The van der Waals surface area contributed by atoms with Crippen molar-refractivity contribution in [1.29, 1.82) is 5.41 Å². The molecule has 3 rings (SSSR count). The van der Waals surface area contributed by atoms with Crippen molar-refractivity contribution in [3.63, 3.8) is 0 Å². The van der Waals surface area contributed by atoms with Crippen LogP contribution in [0.1, 0.15) is 54.6 Å². The Kier molecular flexibility index (Phi) is 6.40. The Morgan fingerprint density at radius 3 is 2.63 bits per heavy atom. The lowest BCUT2D eigenvalue weighted by Gasteiger charge is -2.35. The average Bonchev–Trinajstić information content (AvgIpc) is 2.71. The zero-order chi connectivity index (χ0) is 21.7. The smallest absolute Gasteiger partial charge is 0.305 e. The second kappa shape index (κ2) is 8.98. The van der Waals surface area contributed by atoms with Crippen LogP contribution in [-0.2, 0) is 16.1 Å². The number of hydrogen-bond donors (Lipinski definition) is 2. The number of esters is 1. The van der Waals surface area contributed by atoms with Gasteiger partial charge in [-0.1, -0.05) is 24.3 Å². The molecule has 3 N–H and O–H groups in total. The topological polar surface area (TPSA) is 112 Å². The number of carbonyl (C=O) groups is 2. The Bertz CT molecular complexity index is 955. The van der Waals surface area contributed by atoms with Crippen LogP contribution < -0.4 is 15.2 Å². The second-order valence-corrected chi connectivity index (χ2v) is 7.51. The van der Waals surface area contributed by atoms with E-state index in [2.05, 4.69) is 0 Å². The van der Waals surface area contributed by atoms with Crippen molar-refractivity contribution in [1.82, 2.24) is 0 Å². The van der Waals surface area contributed by atoms with Crippen molar-refractivity contribution in [3.8, 4) is 11.5 Å². The van der Waals surface area contributed by atoms with Crippen molar-refractivity contribution in [2.75, 3.05) is 6.61 Å². The summed E-state index contributed by atoms with van der Waals surface area (Å²) >= 11 is 0. The summed E-state index contributed by atoms with van der Waals surface area (Å²) in [6.45, 7) is 4.25. The maximum absolute atomic E-state index is 12.7. The molecule has 1 unspecified atom stereocenters. The predicted molar refractivity (Wildman–Crippen MR) is 112 cm³/mol. The van der Waals surface area contributed by atoms with Crippen LogP contribution in [0.4, 0.5) is 0 Å². The third-order valence-electron chi connectivity index (χ3n) is 4.98. The first-order valence-corrected chi connectivity index (χ1v) is 9.88. The molecule has 0 saturated heterocycles. The number of benzene rings is 2. The fraction of sp³-hybridized carbons (Fsp3) is 0.348. The molecule has 0 spiro atoms. The number of ether oxygens (including phenoxy) is 3. The summed E-state index contributed by atoms with van der Waals surface area (Å²) in [5.74, 6) is 0.747. The molecule has 0 aliphatic carbocycles. The lowest BCUT2D eigenvalue weighted by molar-refractivity contribution is -0.144. The molecule has 0 amide bonds. The summed E-state index contributed by atoms with van der Waals surface area (Å²) < 4.78 is 16.8. The Hall–Kier alpha value is -3.35. The molecule has 2 aromatic carbocycles. The highest BCUT2D eigenvalue weighted by atomic mass is 16.5. The average molecular weight is 410 g/mol. The van der Waals surface area contributed by atoms with Crippen LogP contribution in [0.3, 0.4) is 0 Å². The van der Waals surface area contributed by atoms with E-state index in [1.807, 2.05) is 19.1 Å². The molecule has 0 radical (unpaired) electrons. The SMILES string of the molecule is CCOC(=O)CCC1(C)CC(=O)c2cc(OCc3ccc(C(=N)N)cc3)ccc2O1. The molecular formula is C23H26N2O5. The minimum Gasteiger partial charge on any atom is -0.489 e. The van der Waals surface area contributed by atoms with Gasteiger partial charge in [-0.25, -0.2) is 0 Å². The third-order valence-corrected chi connectivity index (χ3v) is 4.98. The Morgan fingerprint density at radius 2 is 1.97 bits per heavy atom. The Labute approximate surface area is 175 Å². The first kappa shape index (κ1) is 21.4. The van der Waals surface area contributed by atoms with Crippen LogP contribution >= 0.6 is 0 Å². The van der Waals surface area contributed by atoms with Crippen LogP contribution in [0.2, 0.25) is 0 Å². The molecule has 30 heavy (non-hydrogen) atoms. The minimum absolute atomic E-state index is 0.0184. The van der Waals surface area contributed by atoms with Crippen molar-refractivity contribution >= 4 is 17.6 Å². The Balaban J connectivity index is 1.64. The van der Waals surface area contributed by atoms with Gasteiger partial charge in [0, 0.05) is 12.0 Å². The molecule has 0 bridgehead atoms. The molecule has 0 aromatic heterocycles. The molecule has 7 heteroatoms. The van der Waals surface area contributed by atoms with E-state index in [1.54, 1.807) is 37.3 Å². The lowest BCUT2D eigenvalue weighted by Crippen LogP contribution is -2.39. The second-order valence-electron chi connectivity index (χ2n) is 7.51. The zero-order valence-electron chi connectivity index (χ0n) is 17.2. The molecular weight excluding hydrogens is 384 g/mol. The summed E-state index contributed by atoms with van der Waals surface area (Å²) in [5.41, 5.74) is 6.78. The third kappa shape index (κ3) is 5.17. The van der Waals surface area contributed by atoms with Crippen LogP contribution in [0.25, 0.3) is 0 Å². The highest BCUT2D eigenvalue weighted by Gasteiger charge is 2.37. The van der Waals surface area contributed by atoms with Gasteiger partial charge in [-0.15, -0.1) is 0 Å². The van der Waals surface area contributed by atoms with Crippen molar-refractivity contribution in [2.45, 2.75) is 45.3 Å². The molecule has 1 atom stereocenters. The number of hydrogen-bond acceptors (Lipinski definition) is 6. The van der Waals surface area contributed by atoms with E-state index in [0.717, 1.165) is 5.56 Å². The number of ketones is 1. The summed E-state index contributed by atoms with van der Waals surface area (Å²) in [7, 11) is 0. The van der Waals surface area contributed by atoms with Crippen LogP contribution in [0.15, 0.2) is 42.5 Å². The number of carbonyl (C=O) groups excluding carboxylic acids is 2. The predicted octanol–water partition coefficient (Wildman–Crippen LogP) is 3.62. The van der Waals surface area contributed by atoms with Gasteiger partial charge in [-0.3, -0.25) is 15.0 Å². The molecule has 0 saturated carbocycles. The van der Waals surface area contributed by atoms with Crippen LogP contribution in [0.5, 0.6) is 11.5 Å². The first-order valence-electron chi connectivity index (χ1n) is 9.88. The molecule has 1 aliphatic heterocycles. The van der Waals surface area contributed by atoms with E-state index in [4.69, 9.17) is 25.4 Å². The minimum atomic E-state index is -0.738. The van der Waals surface area contributed by atoms with E-state index in [-0.39, 0.29) is 30.4 Å². The molecule has 7 nitrogen and oxygen atoms in total. The fourth-order valence-electron chi connectivity index (χ4n) is 3.33. The Morgan fingerprint density at radius 1 is 1.23 bits per heavy atom. The standard InChI is InChI=1S/C23H26N2O5/c1-3-28-21(27)10-11-23(2)13-19(26)18-12-17(8-9-20(18)30-23)29-14-15-4-6-16(7-5-15)22(24)25/h4-9,12H,3,10-11,13-14H2,1-2H3,(H3,24,25). The van der Waals surface area contributed by atoms with Gasteiger partial charge in [0.05, 0.1) is 18.6 Å². The number of nitrogen functional groups attached to an aromatic ring is 1. The number of rotatable bonds is 8. The van der Waals surface area contributed by atoms with Crippen LogP contribution in [0, 0.1) is 5.41 Å². The molecule has 1 heterocycles.